The molecule has 0 rings (SSSR count). The van der Waals surface area contributed by atoms with E-state index in [4.69, 9.17) is 11.1 Å². The van der Waals surface area contributed by atoms with Gasteiger partial charge in [0.2, 0.25) is 0 Å². The number of halogens is 1. The van der Waals surface area contributed by atoms with Crippen molar-refractivity contribution in [2.24, 2.45) is 0 Å². The molecule has 50 valence electrons. The van der Waals surface area contributed by atoms with Gasteiger partial charge in [0.25, 0.3) is 0 Å². The van der Waals surface area contributed by atoms with Crippen molar-refractivity contribution in [2.75, 3.05) is 21.1 Å². The standard InChI is InChI=1S/C3H12ClN3Si/c1-5-8(4,6-2)7-3/h5-7H,1-3H3. The lowest BCUT2D eigenvalue weighted by Crippen LogP contribution is -2.64. The van der Waals surface area contributed by atoms with Gasteiger partial charge in [0.05, 0.1) is 0 Å². The van der Waals surface area contributed by atoms with Crippen LogP contribution in [-0.4, -0.2) is 29.0 Å². The third-order valence-corrected chi connectivity index (χ3v) is 4.80. The third-order valence-electron chi connectivity index (χ3n) is 1.03. The van der Waals surface area contributed by atoms with Gasteiger partial charge in [-0.25, -0.2) is 0 Å². The Bertz CT molecular complexity index is 57.3. The molecule has 0 aliphatic carbocycles. The van der Waals surface area contributed by atoms with Gasteiger partial charge >= 0.3 is 7.87 Å². The topological polar surface area (TPSA) is 36.1 Å². The fourth-order valence-corrected chi connectivity index (χ4v) is 1.12. The first kappa shape index (κ1) is 8.39. The van der Waals surface area contributed by atoms with E-state index in [1.807, 2.05) is 21.1 Å². The van der Waals surface area contributed by atoms with Gasteiger partial charge in [-0.15, -0.1) is 11.1 Å². The maximum atomic E-state index is 5.90. The molecule has 0 aromatic rings. The van der Waals surface area contributed by atoms with Crippen LogP contribution in [0.15, 0.2) is 0 Å². The summed E-state index contributed by atoms with van der Waals surface area (Å²) in [6, 6.07) is 0. The van der Waals surface area contributed by atoms with Crippen LogP contribution in [-0.2, 0) is 0 Å². The molecule has 0 aromatic heterocycles. The van der Waals surface area contributed by atoms with Crippen molar-refractivity contribution in [3.8, 4) is 0 Å². The van der Waals surface area contributed by atoms with Crippen LogP contribution in [0.25, 0.3) is 0 Å². The summed E-state index contributed by atoms with van der Waals surface area (Å²) in [5, 5.41) is 0. The molecule has 0 spiro atoms. The maximum absolute atomic E-state index is 5.90. The molecular weight excluding hydrogens is 142 g/mol. The van der Waals surface area contributed by atoms with E-state index in [9.17, 15) is 0 Å². The minimum atomic E-state index is -1.95. The van der Waals surface area contributed by atoms with Crippen molar-refractivity contribution in [3.63, 3.8) is 0 Å². The minimum Gasteiger partial charge on any atom is -0.304 e. The summed E-state index contributed by atoms with van der Waals surface area (Å²) in [5.74, 6) is 0. The molecule has 3 N–H and O–H groups in total. The van der Waals surface area contributed by atoms with E-state index < -0.39 is 7.87 Å². The van der Waals surface area contributed by atoms with E-state index in [1.165, 1.54) is 0 Å². The molecule has 8 heavy (non-hydrogen) atoms. The highest BCUT2D eigenvalue weighted by Crippen LogP contribution is 1.88. The smallest absolute Gasteiger partial charge is 0.304 e. The highest BCUT2D eigenvalue weighted by atomic mass is 35.6. The first-order valence-electron chi connectivity index (χ1n) is 2.44. The zero-order valence-corrected chi connectivity index (χ0v) is 7.13. The van der Waals surface area contributed by atoms with Gasteiger partial charge in [-0.1, -0.05) is 0 Å². The molecule has 0 heterocycles. The van der Waals surface area contributed by atoms with Crippen molar-refractivity contribution < 1.29 is 0 Å². The summed E-state index contributed by atoms with van der Waals surface area (Å²) in [4.78, 5) is 8.88. The van der Waals surface area contributed by atoms with Gasteiger partial charge in [0.15, 0.2) is 0 Å². The summed E-state index contributed by atoms with van der Waals surface area (Å²) in [7, 11) is 3.53. The van der Waals surface area contributed by atoms with Crippen LogP contribution in [0.4, 0.5) is 0 Å². The molecule has 0 saturated carbocycles. The van der Waals surface area contributed by atoms with Crippen LogP contribution in [0.3, 0.4) is 0 Å². The summed E-state index contributed by atoms with van der Waals surface area (Å²) in [6.07, 6.45) is 0. The number of nitrogens with one attached hydrogen (secondary N) is 3. The fraction of sp³-hybridized carbons (Fsp3) is 1.00. The van der Waals surface area contributed by atoms with E-state index in [2.05, 4.69) is 14.9 Å². The fourth-order valence-electron chi connectivity index (χ4n) is 0.375. The van der Waals surface area contributed by atoms with Crippen LogP contribution < -0.4 is 14.9 Å². The van der Waals surface area contributed by atoms with Gasteiger partial charge in [-0.05, 0) is 21.1 Å². The average molecular weight is 154 g/mol. The Kier molecular flexibility index (Phi) is 3.59. The van der Waals surface area contributed by atoms with Crippen molar-refractivity contribution in [2.45, 2.75) is 0 Å². The van der Waals surface area contributed by atoms with Crippen LogP contribution >= 0.6 is 11.1 Å². The first-order valence-corrected chi connectivity index (χ1v) is 5.45. The van der Waals surface area contributed by atoms with E-state index in [-0.39, 0.29) is 0 Å². The number of rotatable bonds is 3. The lowest BCUT2D eigenvalue weighted by molar-refractivity contribution is 0.962. The second-order valence-corrected chi connectivity index (χ2v) is 5.93. The largest absolute Gasteiger partial charge is 0.383 e. The normalized spacial score (nSPS) is 12.0. The highest BCUT2D eigenvalue weighted by Gasteiger charge is 2.24. The number of hydrogen-bond acceptors (Lipinski definition) is 3. The summed E-state index contributed by atoms with van der Waals surface area (Å²) >= 11 is 5.90. The summed E-state index contributed by atoms with van der Waals surface area (Å²) in [5.41, 5.74) is 0. The van der Waals surface area contributed by atoms with Gasteiger partial charge < -0.3 is 14.9 Å². The Morgan fingerprint density at radius 3 is 1.25 bits per heavy atom. The van der Waals surface area contributed by atoms with Crippen molar-refractivity contribution in [1.29, 1.82) is 0 Å². The molecule has 0 atom stereocenters. The molecule has 0 aromatic carbocycles. The molecule has 0 aliphatic heterocycles. The van der Waals surface area contributed by atoms with Crippen molar-refractivity contribution in [3.05, 3.63) is 0 Å². The molecule has 0 radical (unpaired) electrons. The Morgan fingerprint density at radius 1 is 1.00 bits per heavy atom. The first-order chi connectivity index (χ1) is 3.68. The monoisotopic (exact) mass is 153 g/mol. The summed E-state index contributed by atoms with van der Waals surface area (Å²) < 4.78 is 0. The van der Waals surface area contributed by atoms with Crippen LogP contribution in [0, 0.1) is 0 Å². The lowest BCUT2D eigenvalue weighted by atomic mass is 11.6. The molecule has 0 aliphatic rings. The lowest BCUT2D eigenvalue weighted by Gasteiger charge is -2.19. The van der Waals surface area contributed by atoms with Gasteiger partial charge in [0, 0.05) is 0 Å². The van der Waals surface area contributed by atoms with E-state index in [0.29, 0.717) is 0 Å². The Hall–Kier alpha value is 0.387. The Labute approximate surface area is 55.7 Å². The van der Waals surface area contributed by atoms with Crippen LogP contribution in [0.5, 0.6) is 0 Å². The maximum Gasteiger partial charge on any atom is 0.383 e. The highest BCUT2D eigenvalue weighted by molar-refractivity contribution is 7.15. The summed E-state index contributed by atoms with van der Waals surface area (Å²) in [6.45, 7) is 0. The quantitative estimate of drug-likeness (QED) is 0.372. The Morgan fingerprint density at radius 2 is 1.25 bits per heavy atom. The number of hydrogen-bond donors (Lipinski definition) is 3. The van der Waals surface area contributed by atoms with E-state index >= 15 is 0 Å². The molecule has 0 fully saturated rings. The van der Waals surface area contributed by atoms with Crippen LogP contribution in [0.2, 0.25) is 0 Å². The zero-order valence-electron chi connectivity index (χ0n) is 5.38. The van der Waals surface area contributed by atoms with Gasteiger partial charge in [-0.3, -0.25) is 0 Å². The van der Waals surface area contributed by atoms with Crippen molar-refractivity contribution in [1.82, 2.24) is 14.9 Å². The third kappa shape index (κ3) is 2.10. The zero-order chi connectivity index (χ0) is 6.62. The predicted molar refractivity (Wildman–Crippen MR) is 38.8 cm³/mol. The molecule has 5 heteroatoms. The molecule has 0 amide bonds. The molecule has 0 bridgehead atoms. The molecule has 0 unspecified atom stereocenters. The SMILES string of the molecule is CN[Si](Cl)(NC)NC. The van der Waals surface area contributed by atoms with Gasteiger partial charge in [-0.2, -0.15) is 0 Å². The molecule has 0 saturated heterocycles. The van der Waals surface area contributed by atoms with E-state index in [0.717, 1.165) is 0 Å². The second kappa shape index (κ2) is 3.42. The van der Waals surface area contributed by atoms with Crippen molar-refractivity contribution >= 4 is 18.9 Å². The predicted octanol–water partition coefficient (Wildman–Crippen LogP) is -0.681. The minimum absolute atomic E-state index is 1.83. The second-order valence-electron chi connectivity index (χ2n) is 1.41. The van der Waals surface area contributed by atoms with Crippen LogP contribution in [0.1, 0.15) is 0 Å². The molecular formula is C3H12ClN3Si. The van der Waals surface area contributed by atoms with E-state index in [1.54, 1.807) is 0 Å². The van der Waals surface area contributed by atoms with Gasteiger partial charge in [0.1, 0.15) is 0 Å². The molecule has 3 nitrogen and oxygen atoms in total. The average Bonchev–Trinajstić information content (AvgIpc) is 1.87. The Balaban J connectivity index is 3.58.